The lowest BCUT2D eigenvalue weighted by Crippen LogP contribution is -2.17. The summed E-state index contributed by atoms with van der Waals surface area (Å²) in [6, 6.07) is 7.86. The van der Waals surface area contributed by atoms with Crippen LogP contribution in [0.25, 0.3) is 0 Å². The third-order valence-electron chi connectivity index (χ3n) is 1.50. The van der Waals surface area contributed by atoms with Crippen molar-refractivity contribution in [2.24, 2.45) is 0 Å². The minimum absolute atomic E-state index is 0.667. The SMILES string of the molecule is [O-][S+]1Cc2ccccc21. The number of rotatable bonds is 0. The van der Waals surface area contributed by atoms with Gasteiger partial charge in [0.05, 0.1) is 5.56 Å². The molecular weight excluding hydrogens is 132 g/mol. The third kappa shape index (κ3) is 0.671. The Bertz CT molecular complexity index is 234. The molecule has 2 rings (SSSR count). The minimum Gasteiger partial charge on any atom is -0.611 e. The number of hydrogen-bond donors (Lipinski definition) is 0. The molecule has 0 bridgehead atoms. The first-order valence-corrected chi connectivity index (χ1v) is 4.16. The quantitative estimate of drug-likeness (QED) is 0.496. The van der Waals surface area contributed by atoms with E-state index in [1.54, 1.807) is 0 Å². The minimum atomic E-state index is -0.667. The second-order valence-corrected chi connectivity index (χ2v) is 3.52. The molecule has 0 N–H and O–H groups in total. The highest BCUT2D eigenvalue weighted by molar-refractivity contribution is 7.92. The predicted octanol–water partition coefficient (Wildman–Crippen LogP) is 1.31. The fourth-order valence-electron chi connectivity index (χ4n) is 0.984. The zero-order valence-electron chi connectivity index (χ0n) is 4.83. The lowest BCUT2D eigenvalue weighted by atomic mass is 10.2. The van der Waals surface area contributed by atoms with Gasteiger partial charge in [-0.15, -0.1) is 0 Å². The molecule has 0 saturated heterocycles. The average Bonchev–Trinajstić information content (AvgIpc) is 1.86. The molecule has 46 valence electrons. The summed E-state index contributed by atoms with van der Waals surface area (Å²) in [5, 5.41) is 0. The maximum absolute atomic E-state index is 10.8. The maximum atomic E-state index is 10.8. The molecule has 1 aromatic carbocycles. The molecule has 2 heteroatoms. The fourth-order valence-corrected chi connectivity index (χ4v) is 2.09. The van der Waals surface area contributed by atoms with Gasteiger partial charge in [0.1, 0.15) is 5.75 Å². The van der Waals surface area contributed by atoms with E-state index in [1.165, 1.54) is 5.56 Å². The molecule has 1 atom stereocenters. The van der Waals surface area contributed by atoms with Crippen LogP contribution in [0.15, 0.2) is 29.2 Å². The van der Waals surface area contributed by atoms with Gasteiger partial charge in [0, 0.05) is 0 Å². The summed E-state index contributed by atoms with van der Waals surface area (Å²) >= 11 is -0.667. The highest BCUT2D eigenvalue weighted by atomic mass is 32.2. The lowest BCUT2D eigenvalue weighted by Gasteiger charge is -2.21. The number of fused-ring (bicyclic) bond motifs is 1. The smallest absolute Gasteiger partial charge is 0.160 e. The standard InChI is InChI=1S/C7H6OS/c8-9-5-6-3-1-2-4-7(6)9/h1-4H,5H2. The number of benzene rings is 1. The Morgan fingerprint density at radius 1 is 1.33 bits per heavy atom. The fraction of sp³-hybridized carbons (Fsp3) is 0.143. The molecule has 1 heterocycles. The zero-order chi connectivity index (χ0) is 6.27. The monoisotopic (exact) mass is 138 g/mol. The second-order valence-electron chi connectivity index (χ2n) is 2.10. The first-order chi connectivity index (χ1) is 4.38. The molecule has 1 unspecified atom stereocenters. The van der Waals surface area contributed by atoms with Gasteiger partial charge < -0.3 is 4.55 Å². The van der Waals surface area contributed by atoms with Crippen LogP contribution in [0.4, 0.5) is 0 Å². The van der Waals surface area contributed by atoms with Gasteiger partial charge >= 0.3 is 0 Å². The van der Waals surface area contributed by atoms with Crippen LogP contribution in [0.3, 0.4) is 0 Å². The predicted molar refractivity (Wildman–Crippen MR) is 36.6 cm³/mol. The molecule has 0 aliphatic carbocycles. The summed E-state index contributed by atoms with van der Waals surface area (Å²) in [6.07, 6.45) is 0. The van der Waals surface area contributed by atoms with Crippen LogP contribution in [0.2, 0.25) is 0 Å². The largest absolute Gasteiger partial charge is 0.611 e. The van der Waals surface area contributed by atoms with Gasteiger partial charge in [-0.05, 0) is 23.3 Å². The molecule has 1 nitrogen and oxygen atoms in total. The first-order valence-electron chi connectivity index (χ1n) is 2.84. The van der Waals surface area contributed by atoms with Crippen molar-refractivity contribution in [3.63, 3.8) is 0 Å². The van der Waals surface area contributed by atoms with Crippen LogP contribution in [-0.2, 0) is 16.9 Å². The summed E-state index contributed by atoms with van der Waals surface area (Å²) in [5.74, 6) is 0.760. The highest BCUT2D eigenvalue weighted by Gasteiger charge is 2.27. The Balaban J connectivity index is 2.51. The van der Waals surface area contributed by atoms with E-state index in [0.717, 1.165) is 10.6 Å². The Morgan fingerprint density at radius 3 is 2.67 bits per heavy atom. The summed E-state index contributed by atoms with van der Waals surface area (Å²) in [7, 11) is 0. The van der Waals surface area contributed by atoms with E-state index in [9.17, 15) is 4.55 Å². The molecule has 1 aromatic rings. The van der Waals surface area contributed by atoms with Crippen LogP contribution in [0.1, 0.15) is 5.56 Å². The van der Waals surface area contributed by atoms with Crippen molar-refractivity contribution >= 4 is 11.2 Å². The van der Waals surface area contributed by atoms with Crippen molar-refractivity contribution in [3.05, 3.63) is 29.8 Å². The summed E-state index contributed by atoms with van der Waals surface area (Å²) in [6.45, 7) is 0. The van der Waals surface area contributed by atoms with Crippen LogP contribution in [0, 0.1) is 0 Å². The normalized spacial score (nSPS) is 22.6. The van der Waals surface area contributed by atoms with Gasteiger partial charge in [-0.1, -0.05) is 12.1 Å². The Morgan fingerprint density at radius 2 is 2.11 bits per heavy atom. The van der Waals surface area contributed by atoms with Gasteiger partial charge in [-0.25, -0.2) is 0 Å². The van der Waals surface area contributed by atoms with Crippen LogP contribution >= 0.6 is 0 Å². The van der Waals surface area contributed by atoms with Crippen LogP contribution < -0.4 is 0 Å². The van der Waals surface area contributed by atoms with Crippen molar-refractivity contribution in [2.45, 2.75) is 10.6 Å². The van der Waals surface area contributed by atoms with Gasteiger partial charge in [0.25, 0.3) is 0 Å². The van der Waals surface area contributed by atoms with Crippen molar-refractivity contribution in [1.29, 1.82) is 0 Å². The second kappa shape index (κ2) is 1.75. The van der Waals surface area contributed by atoms with Gasteiger partial charge in [0.2, 0.25) is 0 Å². The highest BCUT2D eigenvalue weighted by Crippen LogP contribution is 2.30. The van der Waals surface area contributed by atoms with Crippen molar-refractivity contribution < 1.29 is 4.55 Å². The van der Waals surface area contributed by atoms with Gasteiger partial charge in [-0.2, -0.15) is 0 Å². The lowest BCUT2D eigenvalue weighted by molar-refractivity contribution is 0.584. The van der Waals surface area contributed by atoms with Crippen molar-refractivity contribution in [3.8, 4) is 0 Å². The van der Waals surface area contributed by atoms with E-state index in [-0.39, 0.29) is 0 Å². The molecule has 9 heavy (non-hydrogen) atoms. The number of hydrogen-bond acceptors (Lipinski definition) is 1. The summed E-state index contributed by atoms with van der Waals surface area (Å²) in [5.41, 5.74) is 1.25. The topological polar surface area (TPSA) is 23.1 Å². The van der Waals surface area contributed by atoms with E-state index in [0.29, 0.717) is 0 Å². The van der Waals surface area contributed by atoms with E-state index in [4.69, 9.17) is 0 Å². The third-order valence-corrected chi connectivity index (χ3v) is 2.97. The van der Waals surface area contributed by atoms with Crippen molar-refractivity contribution in [2.75, 3.05) is 0 Å². The summed E-state index contributed by atoms with van der Waals surface area (Å²) in [4.78, 5) is 1.03. The zero-order valence-corrected chi connectivity index (χ0v) is 5.65. The molecule has 0 saturated carbocycles. The van der Waals surface area contributed by atoms with E-state index in [1.807, 2.05) is 24.3 Å². The molecule has 0 spiro atoms. The average molecular weight is 138 g/mol. The Labute approximate surface area is 56.9 Å². The molecule has 0 radical (unpaired) electrons. The van der Waals surface area contributed by atoms with E-state index >= 15 is 0 Å². The van der Waals surface area contributed by atoms with Crippen LogP contribution in [0.5, 0.6) is 0 Å². The Hall–Kier alpha value is -0.470. The molecule has 0 amide bonds. The molecule has 0 fully saturated rings. The molecule has 1 aliphatic rings. The van der Waals surface area contributed by atoms with Crippen LogP contribution in [-0.4, -0.2) is 4.55 Å². The van der Waals surface area contributed by atoms with Gasteiger partial charge in [-0.3, -0.25) is 0 Å². The maximum Gasteiger partial charge on any atom is 0.160 e. The Kier molecular flexibility index (Phi) is 1.04. The summed E-state index contributed by atoms with van der Waals surface area (Å²) < 4.78 is 10.8. The van der Waals surface area contributed by atoms with E-state index in [2.05, 4.69) is 0 Å². The molecule has 0 aromatic heterocycles. The van der Waals surface area contributed by atoms with Crippen molar-refractivity contribution in [1.82, 2.24) is 0 Å². The van der Waals surface area contributed by atoms with Gasteiger partial charge in [0.15, 0.2) is 4.90 Å². The molecular formula is C7H6OS. The van der Waals surface area contributed by atoms with E-state index < -0.39 is 11.2 Å². The molecule has 1 aliphatic heterocycles. The first kappa shape index (κ1) is 5.33.